The zero-order chi connectivity index (χ0) is 13.5. The van der Waals surface area contributed by atoms with Crippen LogP contribution in [0.3, 0.4) is 0 Å². The van der Waals surface area contributed by atoms with Crippen LogP contribution < -0.4 is 4.74 Å². The second-order valence-corrected chi connectivity index (χ2v) is 3.81. The lowest BCUT2D eigenvalue weighted by atomic mass is 10.0. The molecule has 1 N–H and O–H groups in total. The van der Waals surface area contributed by atoms with Gasteiger partial charge in [-0.1, -0.05) is 19.1 Å². The van der Waals surface area contributed by atoms with Gasteiger partial charge in [0.15, 0.2) is 5.78 Å². The zero-order valence-electron chi connectivity index (χ0n) is 10.5. The number of Topliss-reactive ketones (excluding diaryl/α,β-unsaturated/α-hetero) is 1. The summed E-state index contributed by atoms with van der Waals surface area (Å²) in [4.78, 5) is 22.7. The molecule has 0 bridgehead atoms. The van der Waals surface area contributed by atoms with Crippen LogP contribution >= 0.6 is 0 Å². The summed E-state index contributed by atoms with van der Waals surface area (Å²) >= 11 is 0. The average molecular weight is 248 g/mol. The lowest BCUT2D eigenvalue weighted by Crippen LogP contribution is -2.11. The quantitative estimate of drug-likeness (QED) is 0.477. The van der Waals surface area contributed by atoms with Crippen molar-refractivity contribution >= 4 is 17.8 Å². The van der Waals surface area contributed by atoms with Crippen molar-refractivity contribution in [2.45, 2.75) is 19.8 Å². The molecule has 0 atom stereocenters. The summed E-state index contributed by atoms with van der Waals surface area (Å²) in [5.74, 6) is -0.853. The maximum absolute atomic E-state index is 11.6. The second-order valence-electron chi connectivity index (χ2n) is 3.81. The number of hydrogen-bond acceptors (Lipinski definition) is 3. The summed E-state index contributed by atoms with van der Waals surface area (Å²) < 4.78 is 5.00. The molecule has 0 radical (unpaired) electrons. The molecule has 0 heterocycles. The van der Waals surface area contributed by atoms with E-state index in [1.807, 2.05) is 6.92 Å². The fourth-order valence-corrected chi connectivity index (χ4v) is 1.49. The van der Waals surface area contributed by atoms with Crippen molar-refractivity contribution in [3.8, 4) is 5.75 Å². The maximum Gasteiger partial charge on any atom is 0.339 e. The Labute approximate surface area is 106 Å². The highest BCUT2D eigenvalue weighted by atomic mass is 16.5. The molecule has 4 heteroatoms. The third-order valence-corrected chi connectivity index (χ3v) is 2.43. The van der Waals surface area contributed by atoms with E-state index in [-0.39, 0.29) is 17.8 Å². The van der Waals surface area contributed by atoms with Crippen LogP contribution in [0, 0.1) is 0 Å². The molecule has 0 aliphatic heterocycles. The van der Waals surface area contributed by atoms with Crippen molar-refractivity contribution in [3.63, 3.8) is 0 Å². The van der Waals surface area contributed by atoms with Crippen LogP contribution in [0.15, 0.2) is 29.8 Å². The Morgan fingerprint density at radius 2 is 1.89 bits per heavy atom. The number of carboxylic acids is 1. The smallest absolute Gasteiger partial charge is 0.339 e. The number of hydrogen-bond donors (Lipinski definition) is 1. The summed E-state index contributed by atoms with van der Waals surface area (Å²) in [7, 11) is 1.55. The van der Waals surface area contributed by atoms with Gasteiger partial charge in [-0.15, -0.1) is 0 Å². The van der Waals surface area contributed by atoms with Crippen molar-refractivity contribution in [1.82, 2.24) is 0 Å². The molecule has 96 valence electrons. The van der Waals surface area contributed by atoms with Gasteiger partial charge >= 0.3 is 5.97 Å². The van der Waals surface area contributed by atoms with Crippen LogP contribution in [0.5, 0.6) is 5.75 Å². The molecule has 18 heavy (non-hydrogen) atoms. The van der Waals surface area contributed by atoms with Gasteiger partial charge < -0.3 is 9.84 Å². The highest BCUT2D eigenvalue weighted by Gasteiger charge is 2.16. The Balaban J connectivity index is 3.00. The van der Waals surface area contributed by atoms with Gasteiger partial charge in [0.2, 0.25) is 0 Å². The first-order valence-electron chi connectivity index (χ1n) is 5.70. The number of rotatable bonds is 6. The molecule has 0 spiro atoms. The van der Waals surface area contributed by atoms with Crippen molar-refractivity contribution < 1.29 is 19.4 Å². The van der Waals surface area contributed by atoms with Gasteiger partial charge in [0.05, 0.1) is 7.11 Å². The van der Waals surface area contributed by atoms with Gasteiger partial charge in [0.1, 0.15) is 11.3 Å². The van der Waals surface area contributed by atoms with E-state index < -0.39 is 5.97 Å². The van der Waals surface area contributed by atoms with Crippen LogP contribution in [-0.4, -0.2) is 24.0 Å². The molecule has 0 saturated carbocycles. The van der Waals surface area contributed by atoms with Crippen LogP contribution in [0.2, 0.25) is 0 Å². The summed E-state index contributed by atoms with van der Waals surface area (Å²) in [6, 6.07) is 6.85. The van der Waals surface area contributed by atoms with Crippen molar-refractivity contribution in [2.24, 2.45) is 0 Å². The van der Waals surface area contributed by atoms with Gasteiger partial charge in [-0.05, 0) is 30.2 Å². The minimum Gasteiger partial charge on any atom is -0.497 e. The standard InChI is InChI=1S/C14H16O4/c1-3-4-13(15)12(14(16)17)9-10-5-7-11(18-2)8-6-10/h5-9H,3-4H2,1-2H3,(H,16,17). The Bertz CT molecular complexity index is 457. The lowest BCUT2D eigenvalue weighted by molar-refractivity contribution is -0.134. The number of ether oxygens (including phenoxy) is 1. The minimum absolute atomic E-state index is 0.179. The van der Waals surface area contributed by atoms with Crippen LogP contribution in [-0.2, 0) is 9.59 Å². The Morgan fingerprint density at radius 3 is 2.33 bits per heavy atom. The number of methoxy groups -OCH3 is 1. The van der Waals surface area contributed by atoms with Gasteiger partial charge in [0, 0.05) is 6.42 Å². The van der Waals surface area contributed by atoms with E-state index in [0.29, 0.717) is 17.7 Å². The second kappa shape index (κ2) is 6.59. The highest BCUT2D eigenvalue weighted by Crippen LogP contribution is 2.15. The minimum atomic E-state index is -1.19. The molecule has 0 fully saturated rings. The molecule has 0 saturated heterocycles. The fourth-order valence-electron chi connectivity index (χ4n) is 1.49. The van der Waals surface area contributed by atoms with E-state index in [1.165, 1.54) is 6.08 Å². The molecule has 0 aromatic heterocycles. The van der Waals surface area contributed by atoms with Gasteiger partial charge in [-0.3, -0.25) is 4.79 Å². The molecule has 1 rings (SSSR count). The van der Waals surface area contributed by atoms with E-state index >= 15 is 0 Å². The number of carbonyl (C=O) groups excluding carboxylic acids is 1. The molecule has 4 nitrogen and oxygen atoms in total. The van der Waals surface area contributed by atoms with E-state index in [4.69, 9.17) is 9.84 Å². The van der Waals surface area contributed by atoms with Crippen LogP contribution in [0.4, 0.5) is 0 Å². The van der Waals surface area contributed by atoms with E-state index in [0.717, 1.165) is 0 Å². The van der Waals surface area contributed by atoms with E-state index in [1.54, 1.807) is 31.4 Å². The summed E-state index contributed by atoms with van der Waals surface area (Å²) in [5.41, 5.74) is 0.486. The third kappa shape index (κ3) is 3.73. The van der Waals surface area contributed by atoms with Gasteiger partial charge in [0.25, 0.3) is 0 Å². The number of carbonyl (C=O) groups is 2. The molecule has 0 aliphatic rings. The predicted molar refractivity (Wildman–Crippen MR) is 68.5 cm³/mol. The molecule has 0 amide bonds. The van der Waals surface area contributed by atoms with Crippen LogP contribution in [0.25, 0.3) is 6.08 Å². The summed E-state index contributed by atoms with van der Waals surface area (Å²) in [6.07, 6.45) is 2.26. The highest BCUT2D eigenvalue weighted by molar-refractivity contribution is 6.19. The fraction of sp³-hybridized carbons (Fsp3) is 0.286. The zero-order valence-corrected chi connectivity index (χ0v) is 10.5. The lowest BCUT2D eigenvalue weighted by Gasteiger charge is -2.02. The normalized spacial score (nSPS) is 11.1. The first-order valence-corrected chi connectivity index (χ1v) is 5.70. The summed E-state index contributed by atoms with van der Waals surface area (Å²) in [6.45, 7) is 1.84. The number of ketones is 1. The topological polar surface area (TPSA) is 63.6 Å². The van der Waals surface area contributed by atoms with E-state index in [2.05, 4.69) is 0 Å². The molecular weight excluding hydrogens is 232 g/mol. The average Bonchev–Trinajstić information content (AvgIpc) is 2.36. The molecule has 0 aliphatic carbocycles. The molecule has 1 aromatic rings. The SMILES string of the molecule is CCCC(=O)C(=Cc1ccc(OC)cc1)C(=O)O. The number of benzene rings is 1. The number of aliphatic carboxylic acids is 1. The molecule has 0 unspecified atom stereocenters. The summed E-state index contributed by atoms with van der Waals surface area (Å²) in [5, 5.41) is 9.02. The molecule has 1 aromatic carbocycles. The third-order valence-electron chi connectivity index (χ3n) is 2.43. The monoisotopic (exact) mass is 248 g/mol. The van der Waals surface area contributed by atoms with Gasteiger partial charge in [-0.2, -0.15) is 0 Å². The Morgan fingerprint density at radius 1 is 1.28 bits per heavy atom. The Hall–Kier alpha value is -2.10. The van der Waals surface area contributed by atoms with Crippen molar-refractivity contribution in [3.05, 3.63) is 35.4 Å². The van der Waals surface area contributed by atoms with E-state index in [9.17, 15) is 9.59 Å². The molecular formula is C14H16O4. The maximum atomic E-state index is 11.6. The first-order chi connectivity index (χ1) is 8.58. The van der Waals surface area contributed by atoms with Crippen molar-refractivity contribution in [2.75, 3.05) is 7.11 Å². The van der Waals surface area contributed by atoms with Crippen LogP contribution in [0.1, 0.15) is 25.3 Å². The Kier molecular flexibility index (Phi) is 5.11. The number of carboxylic acid groups (broad SMARTS) is 1. The van der Waals surface area contributed by atoms with Crippen molar-refractivity contribution in [1.29, 1.82) is 0 Å². The van der Waals surface area contributed by atoms with Gasteiger partial charge in [-0.25, -0.2) is 4.79 Å². The predicted octanol–water partition coefficient (Wildman–Crippen LogP) is 2.53. The largest absolute Gasteiger partial charge is 0.497 e. The first kappa shape index (κ1) is 14.0.